The van der Waals surface area contributed by atoms with Crippen molar-refractivity contribution in [2.24, 2.45) is 11.8 Å². The van der Waals surface area contributed by atoms with Crippen molar-refractivity contribution in [2.45, 2.75) is 20.0 Å². The molecular weight excluding hydrogens is 252 g/mol. The van der Waals surface area contributed by atoms with E-state index in [1.54, 1.807) is 0 Å². The van der Waals surface area contributed by atoms with Gasteiger partial charge < -0.3 is 15.4 Å². The molecule has 2 N–H and O–H groups in total. The molecule has 1 aromatic rings. The van der Waals surface area contributed by atoms with E-state index in [1.807, 2.05) is 18.2 Å². The van der Waals surface area contributed by atoms with Crippen molar-refractivity contribution in [3.05, 3.63) is 35.9 Å². The van der Waals surface area contributed by atoms with Crippen LogP contribution in [0, 0.1) is 11.8 Å². The minimum Gasteiger partial charge on any atom is -0.376 e. The summed E-state index contributed by atoms with van der Waals surface area (Å²) in [5.74, 6) is 0.648. The van der Waals surface area contributed by atoms with Crippen molar-refractivity contribution >= 4 is 5.91 Å². The van der Waals surface area contributed by atoms with Gasteiger partial charge in [-0.1, -0.05) is 37.3 Å². The fraction of sp³-hybridized carbons (Fsp3) is 0.562. The first kappa shape index (κ1) is 15.0. The van der Waals surface area contributed by atoms with Crippen LogP contribution in [0.15, 0.2) is 30.3 Å². The lowest BCUT2D eigenvalue weighted by molar-refractivity contribution is -0.124. The molecule has 4 nitrogen and oxygen atoms in total. The second kappa shape index (κ2) is 8.02. The topological polar surface area (TPSA) is 50.4 Å². The largest absolute Gasteiger partial charge is 0.376 e. The summed E-state index contributed by atoms with van der Waals surface area (Å²) < 4.78 is 5.68. The van der Waals surface area contributed by atoms with Crippen molar-refractivity contribution in [1.82, 2.24) is 10.6 Å². The van der Waals surface area contributed by atoms with Gasteiger partial charge in [-0.3, -0.25) is 4.79 Å². The summed E-state index contributed by atoms with van der Waals surface area (Å²) >= 11 is 0. The maximum Gasteiger partial charge on any atom is 0.224 e. The number of carbonyl (C=O) groups excluding carboxylic acids is 1. The van der Waals surface area contributed by atoms with E-state index < -0.39 is 0 Å². The Balaban J connectivity index is 1.58. The third-order valence-electron chi connectivity index (χ3n) is 3.57. The highest BCUT2D eigenvalue weighted by Crippen LogP contribution is 2.07. The summed E-state index contributed by atoms with van der Waals surface area (Å²) in [4.78, 5) is 11.9. The molecule has 2 rings (SSSR count). The lowest BCUT2D eigenvalue weighted by Crippen LogP contribution is -2.35. The molecule has 20 heavy (non-hydrogen) atoms. The number of nitrogens with one attached hydrogen (secondary N) is 2. The maximum atomic E-state index is 11.9. The highest BCUT2D eigenvalue weighted by Gasteiger charge is 2.22. The lowest BCUT2D eigenvalue weighted by atomic mass is 10.1. The van der Waals surface area contributed by atoms with Gasteiger partial charge in [0, 0.05) is 13.1 Å². The molecule has 4 heteroatoms. The molecular formula is C16H24N2O2. The normalized spacial score (nSPS) is 19.8. The molecule has 1 saturated heterocycles. The summed E-state index contributed by atoms with van der Waals surface area (Å²) in [7, 11) is 0. The third kappa shape index (κ3) is 4.94. The van der Waals surface area contributed by atoms with Crippen LogP contribution < -0.4 is 10.6 Å². The molecule has 0 aromatic heterocycles. The first-order chi connectivity index (χ1) is 9.75. The van der Waals surface area contributed by atoms with Gasteiger partial charge in [-0.15, -0.1) is 0 Å². The second-order valence-electron chi connectivity index (χ2n) is 5.54. The van der Waals surface area contributed by atoms with E-state index in [-0.39, 0.29) is 11.8 Å². The number of carbonyl (C=O) groups is 1. The van der Waals surface area contributed by atoms with Gasteiger partial charge in [0.2, 0.25) is 5.91 Å². The van der Waals surface area contributed by atoms with Crippen LogP contribution >= 0.6 is 0 Å². The first-order valence-electron chi connectivity index (χ1n) is 7.36. The predicted molar refractivity (Wildman–Crippen MR) is 79.2 cm³/mol. The Morgan fingerprint density at radius 3 is 2.95 bits per heavy atom. The van der Waals surface area contributed by atoms with Crippen LogP contribution in [0.2, 0.25) is 0 Å². The molecule has 1 fully saturated rings. The molecule has 110 valence electrons. The molecule has 0 bridgehead atoms. The summed E-state index contributed by atoms with van der Waals surface area (Å²) in [6, 6.07) is 10.1. The van der Waals surface area contributed by atoms with Crippen molar-refractivity contribution in [3.8, 4) is 0 Å². The Morgan fingerprint density at radius 1 is 1.45 bits per heavy atom. The number of hydrogen-bond acceptors (Lipinski definition) is 3. The monoisotopic (exact) mass is 276 g/mol. The minimum atomic E-state index is 0.146. The fourth-order valence-electron chi connectivity index (χ4n) is 2.31. The average molecular weight is 276 g/mol. The van der Waals surface area contributed by atoms with E-state index in [1.165, 1.54) is 5.56 Å². The number of rotatable bonds is 7. The molecule has 1 aliphatic heterocycles. The summed E-state index contributed by atoms with van der Waals surface area (Å²) in [5, 5.41) is 6.22. The second-order valence-corrected chi connectivity index (χ2v) is 5.54. The van der Waals surface area contributed by atoms with E-state index >= 15 is 0 Å². The van der Waals surface area contributed by atoms with Crippen LogP contribution in [-0.2, 0) is 16.1 Å². The van der Waals surface area contributed by atoms with E-state index in [2.05, 4.69) is 29.7 Å². The zero-order valence-electron chi connectivity index (χ0n) is 12.1. The Morgan fingerprint density at radius 2 is 2.25 bits per heavy atom. The molecule has 0 aliphatic carbocycles. The number of ether oxygens (including phenoxy) is 1. The van der Waals surface area contributed by atoms with E-state index in [4.69, 9.17) is 4.74 Å². The van der Waals surface area contributed by atoms with Crippen LogP contribution in [0.5, 0.6) is 0 Å². The molecule has 1 amide bonds. The zero-order valence-corrected chi connectivity index (χ0v) is 12.1. The number of amides is 1. The lowest BCUT2D eigenvalue weighted by Gasteiger charge is -2.15. The summed E-state index contributed by atoms with van der Waals surface area (Å²) in [6.07, 6.45) is 0.949. The highest BCUT2D eigenvalue weighted by atomic mass is 16.5. The highest BCUT2D eigenvalue weighted by molar-refractivity contribution is 5.79. The minimum absolute atomic E-state index is 0.146. The number of benzene rings is 1. The van der Waals surface area contributed by atoms with Crippen LogP contribution in [0.25, 0.3) is 0 Å². The summed E-state index contributed by atoms with van der Waals surface area (Å²) in [5.41, 5.74) is 1.18. The van der Waals surface area contributed by atoms with E-state index in [0.29, 0.717) is 25.7 Å². The third-order valence-corrected chi connectivity index (χ3v) is 3.57. The van der Waals surface area contributed by atoms with Crippen LogP contribution in [0.1, 0.15) is 18.9 Å². The van der Waals surface area contributed by atoms with Crippen molar-refractivity contribution < 1.29 is 9.53 Å². The molecule has 0 radical (unpaired) electrons. The van der Waals surface area contributed by atoms with Gasteiger partial charge in [0.1, 0.15) is 0 Å². The van der Waals surface area contributed by atoms with Gasteiger partial charge in [-0.2, -0.15) is 0 Å². The molecule has 1 aliphatic rings. The van der Waals surface area contributed by atoms with Gasteiger partial charge in [0.25, 0.3) is 0 Å². The molecule has 1 heterocycles. The van der Waals surface area contributed by atoms with E-state index in [9.17, 15) is 4.79 Å². The van der Waals surface area contributed by atoms with Crippen molar-refractivity contribution in [2.75, 3.05) is 26.2 Å². The maximum absolute atomic E-state index is 11.9. The average Bonchev–Trinajstić information content (AvgIpc) is 3.00. The first-order valence-corrected chi connectivity index (χ1v) is 7.36. The van der Waals surface area contributed by atoms with Crippen LogP contribution in [0.4, 0.5) is 0 Å². The van der Waals surface area contributed by atoms with E-state index in [0.717, 1.165) is 19.5 Å². The van der Waals surface area contributed by atoms with Gasteiger partial charge in [0.15, 0.2) is 0 Å². The molecule has 0 spiro atoms. The van der Waals surface area contributed by atoms with Crippen LogP contribution in [0.3, 0.4) is 0 Å². The molecule has 0 saturated carbocycles. The smallest absolute Gasteiger partial charge is 0.224 e. The Bertz CT molecular complexity index is 402. The fourth-order valence-corrected chi connectivity index (χ4v) is 2.31. The van der Waals surface area contributed by atoms with Crippen LogP contribution in [-0.4, -0.2) is 32.1 Å². The SMILES string of the molecule is CC(CNC(=O)C1CCNC1)COCc1ccccc1. The number of hydrogen-bond donors (Lipinski definition) is 2. The Labute approximate surface area is 120 Å². The van der Waals surface area contributed by atoms with Gasteiger partial charge in [-0.05, 0) is 24.4 Å². The van der Waals surface area contributed by atoms with Gasteiger partial charge >= 0.3 is 0 Å². The predicted octanol–water partition coefficient (Wildman–Crippen LogP) is 1.56. The Hall–Kier alpha value is -1.39. The Kier molecular flexibility index (Phi) is 6.02. The van der Waals surface area contributed by atoms with Gasteiger partial charge in [0.05, 0.1) is 19.1 Å². The standard InChI is InChI=1S/C16H24N2O2/c1-13(9-18-16(19)15-7-8-17-10-15)11-20-12-14-5-3-2-4-6-14/h2-6,13,15,17H,7-12H2,1H3,(H,18,19). The van der Waals surface area contributed by atoms with Gasteiger partial charge in [-0.25, -0.2) is 0 Å². The molecule has 2 atom stereocenters. The molecule has 2 unspecified atom stereocenters. The van der Waals surface area contributed by atoms with Crippen molar-refractivity contribution in [1.29, 1.82) is 0 Å². The summed E-state index contributed by atoms with van der Waals surface area (Å²) in [6.45, 7) is 5.84. The quantitative estimate of drug-likeness (QED) is 0.795. The van der Waals surface area contributed by atoms with Crippen molar-refractivity contribution in [3.63, 3.8) is 0 Å². The zero-order chi connectivity index (χ0) is 14.2. The molecule has 1 aromatic carbocycles.